The van der Waals surface area contributed by atoms with Crippen LogP contribution in [0.5, 0.6) is 0 Å². The van der Waals surface area contributed by atoms with Crippen molar-refractivity contribution in [1.29, 1.82) is 0 Å². The number of rotatable bonds is 3. The lowest BCUT2D eigenvalue weighted by Gasteiger charge is -2.15. The van der Waals surface area contributed by atoms with E-state index >= 15 is 0 Å². The van der Waals surface area contributed by atoms with Gasteiger partial charge in [0.1, 0.15) is 16.3 Å². The molecule has 1 aromatic carbocycles. The highest BCUT2D eigenvalue weighted by Crippen LogP contribution is 2.25. The molecule has 0 amide bonds. The third kappa shape index (κ3) is 2.31. The molecule has 1 aromatic rings. The average molecular weight is 293 g/mol. The van der Waals surface area contributed by atoms with Gasteiger partial charge in [0.2, 0.25) is 0 Å². The topological polar surface area (TPSA) is 83.9 Å². The SMILES string of the molecule is O=C(O)c1c(F)ccc(S(=O)(=O)N2CCCO2)c1F. The molecule has 1 heterocycles. The molecule has 0 atom stereocenters. The van der Waals surface area contributed by atoms with Crippen LogP contribution in [0.1, 0.15) is 16.8 Å². The average Bonchev–Trinajstić information content (AvgIpc) is 2.81. The summed E-state index contributed by atoms with van der Waals surface area (Å²) in [7, 11) is -4.34. The summed E-state index contributed by atoms with van der Waals surface area (Å²) in [6, 6.07) is 1.27. The lowest BCUT2D eigenvalue weighted by molar-refractivity contribution is -0.0286. The molecule has 9 heteroatoms. The van der Waals surface area contributed by atoms with E-state index in [0.29, 0.717) is 23.0 Å². The molecule has 1 aliphatic rings. The molecule has 19 heavy (non-hydrogen) atoms. The van der Waals surface area contributed by atoms with Crippen molar-refractivity contribution in [3.05, 3.63) is 29.3 Å². The second-order valence-electron chi connectivity index (χ2n) is 3.76. The molecule has 0 unspecified atom stereocenters. The molecule has 0 bridgehead atoms. The molecule has 1 aliphatic heterocycles. The van der Waals surface area contributed by atoms with Gasteiger partial charge in [-0.25, -0.2) is 22.0 Å². The first kappa shape index (κ1) is 13.8. The Morgan fingerprint density at radius 3 is 2.58 bits per heavy atom. The molecule has 0 spiro atoms. The van der Waals surface area contributed by atoms with E-state index in [9.17, 15) is 22.0 Å². The van der Waals surface area contributed by atoms with E-state index in [1.807, 2.05) is 0 Å². The molecule has 1 N–H and O–H groups in total. The fourth-order valence-electron chi connectivity index (χ4n) is 1.65. The minimum absolute atomic E-state index is 0.0293. The maximum Gasteiger partial charge on any atom is 0.341 e. The van der Waals surface area contributed by atoms with Gasteiger partial charge in [0.25, 0.3) is 10.0 Å². The minimum atomic E-state index is -4.34. The second kappa shape index (κ2) is 4.83. The third-order valence-electron chi connectivity index (χ3n) is 2.54. The molecule has 1 saturated heterocycles. The van der Waals surface area contributed by atoms with E-state index in [0.717, 1.165) is 0 Å². The number of carboxylic acid groups (broad SMARTS) is 1. The van der Waals surface area contributed by atoms with E-state index in [1.54, 1.807) is 0 Å². The number of halogens is 2. The Morgan fingerprint density at radius 1 is 1.37 bits per heavy atom. The van der Waals surface area contributed by atoms with E-state index < -0.39 is 38.1 Å². The molecule has 1 fully saturated rings. The molecule has 0 aromatic heterocycles. The highest BCUT2D eigenvalue weighted by Gasteiger charge is 2.34. The van der Waals surface area contributed by atoms with Crippen molar-refractivity contribution in [2.75, 3.05) is 13.2 Å². The predicted molar refractivity (Wildman–Crippen MR) is 57.8 cm³/mol. The first-order valence-corrected chi connectivity index (χ1v) is 6.66. The standard InChI is InChI=1S/C10H9F2NO5S/c11-6-2-3-7(9(12)8(6)10(14)15)19(16,17)13-4-1-5-18-13/h2-3H,1,4-5H2,(H,14,15). The highest BCUT2D eigenvalue weighted by molar-refractivity contribution is 7.89. The fourth-order valence-corrected chi connectivity index (χ4v) is 3.02. The number of hydrogen-bond donors (Lipinski definition) is 1. The van der Waals surface area contributed by atoms with Crippen LogP contribution >= 0.6 is 0 Å². The van der Waals surface area contributed by atoms with Crippen LogP contribution in [0, 0.1) is 11.6 Å². The highest BCUT2D eigenvalue weighted by atomic mass is 32.2. The van der Waals surface area contributed by atoms with Crippen LogP contribution in [0.3, 0.4) is 0 Å². The quantitative estimate of drug-likeness (QED) is 0.898. The predicted octanol–water partition coefficient (Wildman–Crippen LogP) is 0.989. The van der Waals surface area contributed by atoms with Gasteiger partial charge in [0.05, 0.1) is 6.61 Å². The number of carbonyl (C=O) groups is 1. The zero-order valence-electron chi connectivity index (χ0n) is 9.47. The van der Waals surface area contributed by atoms with Crippen molar-refractivity contribution < 1.29 is 31.9 Å². The fraction of sp³-hybridized carbons (Fsp3) is 0.300. The summed E-state index contributed by atoms with van der Waals surface area (Å²) >= 11 is 0. The summed E-state index contributed by atoms with van der Waals surface area (Å²) in [4.78, 5) is 14.6. The van der Waals surface area contributed by atoms with Crippen molar-refractivity contribution in [3.8, 4) is 0 Å². The van der Waals surface area contributed by atoms with E-state index in [4.69, 9.17) is 9.94 Å². The summed E-state index contributed by atoms with van der Waals surface area (Å²) in [5, 5.41) is 8.68. The number of hydroxylamine groups is 1. The molecule has 0 saturated carbocycles. The van der Waals surface area contributed by atoms with Crippen LogP contribution in [0.4, 0.5) is 8.78 Å². The van der Waals surface area contributed by atoms with Gasteiger partial charge >= 0.3 is 5.97 Å². The number of benzene rings is 1. The Kier molecular flexibility index (Phi) is 3.52. The van der Waals surface area contributed by atoms with Crippen LogP contribution in [0.2, 0.25) is 0 Å². The van der Waals surface area contributed by atoms with Gasteiger partial charge in [-0.15, -0.1) is 0 Å². The van der Waals surface area contributed by atoms with Gasteiger partial charge < -0.3 is 5.11 Å². The third-order valence-corrected chi connectivity index (χ3v) is 4.23. The number of carboxylic acids is 1. The molecule has 0 aliphatic carbocycles. The maximum atomic E-state index is 13.9. The van der Waals surface area contributed by atoms with Crippen LogP contribution in [-0.4, -0.2) is 37.1 Å². The minimum Gasteiger partial charge on any atom is -0.477 e. The Hall–Kier alpha value is -1.58. The summed E-state index contributed by atoms with van der Waals surface area (Å²) in [5.74, 6) is -4.86. The Bertz CT molecular complexity index is 625. The monoisotopic (exact) mass is 293 g/mol. The molecule has 104 valence electrons. The van der Waals surface area contributed by atoms with Gasteiger partial charge in [-0.2, -0.15) is 0 Å². The molecule has 2 rings (SSSR count). The molecule has 6 nitrogen and oxygen atoms in total. The van der Waals surface area contributed by atoms with Gasteiger partial charge in [-0.1, -0.05) is 4.47 Å². The number of nitrogens with zero attached hydrogens (tertiary/aromatic N) is 1. The van der Waals surface area contributed by atoms with E-state index in [-0.39, 0.29) is 13.2 Å². The van der Waals surface area contributed by atoms with Crippen LogP contribution in [0.25, 0.3) is 0 Å². The van der Waals surface area contributed by atoms with Gasteiger partial charge in [0, 0.05) is 6.54 Å². The van der Waals surface area contributed by atoms with Crippen molar-refractivity contribution in [1.82, 2.24) is 4.47 Å². The van der Waals surface area contributed by atoms with Crippen molar-refractivity contribution in [3.63, 3.8) is 0 Å². The van der Waals surface area contributed by atoms with Gasteiger partial charge in [-0.3, -0.25) is 4.84 Å². The maximum absolute atomic E-state index is 13.9. The summed E-state index contributed by atoms with van der Waals surface area (Å²) in [5.41, 5.74) is -1.31. The molecule has 0 radical (unpaired) electrons. The Morgan fingerprint density at radius 2 is 2.05 bits per heavy atom. The van der Waals surface area contributed by atoms with Gasteiger partial charge in [0.15, 0.2) is 5.82 Å². The summed E-state index contributed by atoms with van der Waals surface area (Å²) < 4.78 is 51.6. The Labute approximate surface area is 107 Å². The second-order valence-corrected chi connectivity index (χ2v) is 5.56. The smallest absolute Gasteiger partial charge is 0.341 e. The Balaban J connectivity index is 2.57. The van der Waals surface area contributed by atoms with Crippen molar-refractivity contribution in [2.45, 2.75) is 11.3 Å². The first-order valence-electron chi connectivity index (χ1n) is 5.22. The van der Waals surface area contributed by atoms with Gasteiger partial charge in [-0.05, 0) is 18.6 Å². The molecular formula is C10H9F2NO5S. The number of hydrogen-bond acceptors (Lipinski definition) is 4. The van der Waals surface area contributed by atoms with Crippen LogP contribution < -0.4 is 0 Å². The number of sulfonamides is 1. The number of aromatic carboxylic acids is 1. The zero-order valence-corrected chi connectivity index (χ0v) is 10.3. The van der Waals surface area contributed by atoms with Crippen molar-refractivity contribution >= 4 is 16.0 Å². The van der Waals surface area contributed by atoms with E-state index in [1.165, 1.54) is 0 Å². The van der Waals surface area contributed by atoms with Crippen LogP contribution in [-0.2, 0) is 14.9 Å². The largest absolute Gasteiger partial charge is 0.477 e. The lowest BCUT2D eigenvalue weighted by Crippen LogP contribution is -2.28. The summed E-state index contributed by atoms with van der Waals surface area (Å²) in [6.45, 7) is 0.190. The lowest BCUT2D eigenvalue weighted by atomic mass is 10.2. The zero-order chi connectivity index (χ0) is 14.2. The molecular weight excluding hydrogens is 284 g/mol. The van der Waals surface area contributed by atoms with Crippen LogP contribution in [0.15, 0.2) is 17.0 Å². The van der Waals surface area contributed by atoms with E-state index in [2.05, 4.69) is 0 Å². The summed E-state index contributed by atoms with van der Waals surface area (Å²) in [6.07, 6.45) is 0.438. The normalized spacial score (nSPS) is 16.7. The first-order chi connectivity index (χ1) is 8.85. The van der Waals surface area contributed by atoms with Crippen molar-refractivity contribution in [2.24, 2.45) is 0 Å².